The third kappa shape index (κ3) is 2.32. The van der Waals surface area contributed by atoms with Crippen LogP contribution in [0.2, 0.25) is 0 Å². The van der Waals surface area contributed by atoms with Crippen LogP contribution in [0.15, 0.2) is 17.6 Å². The third-order valence-corrected chi connectivity index (χ3v) is 1.74. The second-order valence-electron chi connectivity index (χ2n) is 2.72. The van der Waals surface area contributed by atoms with Gasteiger partial charge in [0.15, 0.2) is 6.29 Å². The lowest BCUT2D eigenvalue weighted by molar-refractivity contribution is -0.0501. The lowest BCUT2D eigenvalue weighted by Crippen LogP contribution is -2.34. The lowest BCUT2D eigenvalue weighted by Gasteiger charge is -2.20. The van der Waals surface area contributed by atoms with Gasteiger partial charge in [-0.05, 0) is 0 Å². The summed E-state index contributed by atoms with van der Waals surface area (Å²) in [5.41, 5.74) is 0. The zero-order valence-electron chi connectivity index (χ0n) is 6.98. The highest BCUT2D eigenvalue weighted by Crippen LogP contribution is 2.05. The van der Waals surface area contributed by atoms with Gasteiger partial charge < -0.3 is 15.1 Å². The van der Waals surface area contributed by atoms with E-state index in [1.165, 1.54) is 0 Å². The van der Waals surface area contributed by atoms with Gasteiger partial charge >= 0.3 is 0 Å². The summed E-state index contributed by atoms with van der Waals surface area (Å²) in [6.07, 6.45) is 1.19. The van der Waals surface area contributed by atoms with Crippen LogP contribution in [0.25, 0.3) is 0 Å². The molecule has 0 saturated heterocycles. The maximum absolute atomic E-state index is 8.73. The van der Waals surface area contributed by atoms with Gasteiger partial charge in [0, 0.05) is 13.0 Å². The molecule has 1 heterocycles. The van der Waals surface area contributed by atoms with Crippen molar-refractivity contribution in [3.05, 3.63) is 12.7 Å². The number of hydrogen-bond donors (Lipinski definition) is 2. The van der Waals surface area contributed by atoms with Crippen molar-refractivity contribution in [3.8, 4) is 0 Å². The Morgan fingerprint density at radius 2 is 2.42 bits per heavy atom. The molecule has 4 heteroatoms. The fourth-order valence-electron chi connectivity index (χ4n) is 1.25. The Labute approximate surface area is 71.8 Å². The van der Waals surface area contributed by atoms with Gasteiger partial charge in [-0.2, -0.15) is 0 Å². The molecule has 1 rings (SSSR count). The van der Waals surface area contributed by atoms with E-state index in [4.69, 9.17) is 10.2 Å². The van der Waals surface area contributed by atoms with Crippen LogP contribution in [0.5, 0.6) is 0 Å². The Hall–Kier alpha value is -0.870. The van der Waals surface area contributed by atoms with Crippen molar-refractivity contribution in [1.29, 1.82) is 0 Å². The molecule has 0 aromatic heterocycles. The smallest absolute Gasteiger partial charge is 0.169 e. The Bertz CT molecular complexity index is 189. The molecule has 0 unspecified atom stereocenters. The van der Waals surface area contributed by atoms with Crippen LogP contribution in [0.4, 0.5) is 0 Å². The summed E-state index contributed by atoms with van der Waals surface area (Å²) in [6.45, 7) is 5.37. The largest absolute Gasteiger partial charge is 0.367 e. The van der Waals surface area contributed by atoms with Crippen LogP contribution >= 0.6 is 0 Å². The average Bonchev–Trinajstić information content (AvgIpc) is 2.37. The van der Waals surface area contributed by atoms with Gasteiger partial charge in [-0.1, -0.05) is 6.08 Å². The van der Waals surface area contributed by atoms with E-state index < -0.39 is 6.29 Å². The molecule has 1 aliphatic rings. The van der Waals surface area contributed by atoms with Gasteiger partial charge in [0.05, 0.1) is 13.1 Å². The van der Waals surface area contributed by atoms with Gasteiger partial charge in [0.1, 0.15) is 5.84 Å². The number of β-amino-alcohol motifs (C(OH)–C–C–N with tert-alkyl or cyclic N) is 2. The summed E-state index contributed by atoms with van der Waals surface area (Å²) in [5.74, 6) is 0.901. The zero-order valence-corrected chi connectivity index (χ0v) is 6.98. The molecular weight excluding hydrogens is 156 g/mol. The quantitative estimate of drug-likeness (QED) is 0.445. The highest BCUT2D eigenvalue weighted by molar-refractivity contribution is 5.84. The minimum atomic E-state index is -1.28. The van der Waals surface area contributed by atoms with E-state index >= 15 is 0 Å². The molecule has 0 bridgehead atoms. The van der Waals surface area contributed by atoms with Gasteiger partial charge in [-0.15, -0.1) is 6.58 Å². The number of aliphatic hydroxyl groups is 2. The van der Waals surface area contributed by atoms with Crippen molar-refractivity contribution in [2.45, 2.75) is 12.7 Å². The topological polar surface area (TPSA) is 56.1 Å². The van der Waals surface area contributed by atoms with Crippen LogP contribution in [-0.2, 0) is 0 Å². The van der Waals surface area contributed by atoms with Crippen molar-refractivity contribution in [3.63, 3.8) is 0 Å². The number of aliphatic imine (C=N–C) groups is 1. The number of amidine groups is 1. The molecular formula is C8H14N2O2. The predicted molar refractivity (Wildman–Crippen MR) is 46.9 cm³/mol. The Morgan fingerprint density at radius 1 is 1.67 bits per heavy atom. The molecule has 0 saturated carbocycles. The van der Waals surface area contributed by atoms with Crippen molar-refractivity contribution in [2.24, 2.45) is 4.99 Å². The normalized spacial score (nSPS) is 16.9. The lowest BCUT2D eigenvalue weighted by atomic mass is 10.3. The standard InChI is InChI=1S/C8H14N2O2/c1-2-3-7-9-4-5-10(7)6-8(11)12/h2,8,11-12H,1,3-6H2. The summed E-state index contributed by atoms with van der Waals surface area (Å²) in [7, 11) is 0. The molecule has 0 amide bonds. The zero-order chi connectivity index (χ0) is 8.97. The molecule has 68 valence electrons. The highest BCUT2D eigenvalue weighted by Gasteiger charge is 2.16. The monoisotopic (exact) mass is 170 g/mol. The minimum absolute atomic E-state index is 0.243. The number of nitrogens with zero attached hydrogens (tertiary/aromatic N) is 2. The second-order valence-corrected chi connectivity index (χ2v) is 2.72. The molecule has 12 heavy (non-hydrogen) atoms. The average molecular weight is 170 g/mol. The predicted octanol–water partition coefficient (Wildman–Crippen LogP) is -0.413. The van der Waals surface area contributed by atoms with E-state index in [1.54, 1.807) is 6.08 Å². The molecule has 0 aromatic carbocycles. The van der Waals surface area contributed by atoms with Gasteiger partial charge in [0.25, 0.3) is 0 Å². The number of hydrogen-bond acceptors (Lipinski definition) is 4. The maximum atomic E-state index is 8.73. The molecule has 4 nitrogen and oxygen atoms in total. The number of rotatable bonds is 4. The molecule has 0 aliphatic carbocycles. The first-order valence-corrected chi connectivity index (χ1v) is 3.99. The summed E-state index contributed by atoms with van der Waals surface area (Å²) >= 11 is 0. The van der Waals surface area contributed by atoms with E-state index in [0.717, 1.165) is 18.9 Å². The maximum Gasteiger partial charge on any atom is 0.169 e. The van der Waals surface area contributed by atoms with Gasteiger partial charge in [-0.3, -0.25) is 4.99 Å². The Kier molecular flexibility index (Phi) is 3.25. The van der Waals surface area contributed by atoms with E-state index in [2.05, 4.69) is 11.6 Å². The summed E-state index contributed by atoms with van der Waals surface area (Å²) < 4.78 is 0. The van der Waals surface area contributed by atoms with Gasteiger partial charge in [-0.25, -0.2) is 0 Å². The molecule has 0 aromatic rings. The van der Waals surface area contributed by atoms with E-state index in [0.29, 0.717) is 6.42 Å². The molecule has 0 radical (unpaired) electrons. The summed E-state index contributed by atoms with van der Waals surface area (Å²) in [4.78, 5) is 6.08. The summed E-state index contributed by atoms with van der Waals surface area (Å²) in [6, 6.07) is 0. The fourth-order valence-corrected chi connectivity index (χ4v) is 1.25. The molecule has 0 spiro atoms. The van der Waals surface area contributed by atoms with Crippen LogP contribution in [0.3, 0.4) is 0 Å². The Balaban J connectivity index is 2.43. The van der Waals surface area contributed by atoms with Gasteiger partial charge in [0.2, 0.25) is 0 Å². The fraction of sp³-hybridized carbons (Fsp3) is 0.625. The second kappa shape index (κ2) is 4.23. The molecule has 1 aliphatic heterocycles. The van der Waals surface area contributed by atoms with Crippen molar-refractivity contribution in [1.82, 2.24) is 4.90 Å². The third-order valence-electron chi connectivity index (χ3n) is 1.74. The summed E-state index contributed by atoms with van der Waals surface area (Å²) in [5, 5.41) is 17.5. The van der Waals surface area contributed by atoms with Crippen LogP contribution < -0.4 is 0 Å². The molecule has 0 atom stereocenters. The Morgan fingerprint density at radius 3 is 3.00 bits per heavy atom. The van der Waals surface area contributed by atoms with Crippen molar-refractivity contribution < 1.29 is 10.2 Å². The molecule has 0 fully saturated rings. The highest BCUT2D eigenvalue weighted by atomic mass is 16.5. The van der Waals surface area contributed by atoms with Crippen molar-refractivity contribution in [2.75, 3.05) is 19.6 Å². The van der Waals surface area contributed by atoms with E-state index in [1.807, 2.05) is 4.90 Å². The molecule has 2 N–H and O–H groups in total. The van der Waals surface area contributed by atoms with E-state index in [-0.39, 0.29) is 6.54 Å². The SMILES string of the molecule is C=CCC1=NCCN1CC(O)O. The van der Waals surface area contributed by atoms with Crippen LogP contribution in [0, 0.1) is 0 Å². The van der Waals surface area contributed by atoms with E-state index in [9.17, 15) is 0 Å². The van der Waals surface area contributed by atoms with Crippen LogP contribution in [-0.4, -0.2) is 46.9 Å². The van der Waals surface area contributed by atoms with Crippen molar-refractivity contribution >= 4 is 5.84 Å². The van der Waals surface area contributed by atoms with Crippen LogP contribution in [0.1, 0.15) is 6.42 Å². The number of aliphatic hydroxyl groups excluding tert-OH is 1. The first-order valence-electron chi connectivity index (χ1n) is 3.99. The first kappa shape index (κ1) is 9.22. The minimum Gasteiger partial charge on any atom is -0.367 e. The first-order chi connectivity index (χ1) is 5.74.